The first-order valence-electron chi connectivity index (χ1n) is 7.21. The van der Waals surface area contributed by atoms with Crippen LogP contribution in [0.4, 0.5) is 0 Å². The Labute approximate surface area is 114 Å². The molecule has 0 aliphatic heterocycles. The molecule has 2 aliphatic carbocycles. The van der Waals surface area contributed by atoms with Crippen LogP contribution >= 0.6 is 0 Å². The summed E-state index contributed by atoms with van der Waals surface area (Å²) in [7, 11) is -3.08. The molecule has 0 aromatic carbocycles. The van der Waals surface area contributed by atoms with E-state index >= 15 is 0 Å². The third kappa shape index (κ3) is 3.25. The Morgan fingerprint density at radius 3 is 1.21 bits per heavy atom. The summed E-state index contributed by atoms with van der Waals surface area (Å²) in [6.45, 7) is 0. The van der Waals surface area contributed by atoms with Crippen LogP contribution in [-0.4, -0.2) is 31.5 Å². The SMILES string of the molecule is O=CC1CCC(S(=O)(=O)C2CCC(C=O)CC2)CC1. The molecule has 0 unspecified atom stereocenters. The largest absolute Gasteiger partial charge is 0.303 e. The van der Waals surface area contributed by atoms with E-state index < -0.39 is 9.84 Å². The van der Waals surface area contributed by atoms with Crippen LogP contribution in [0.3, 0.4) is 0 Å². The van der Waals surface area contributed by atoms with Crippen molar-refractivity contribution < 1.29 is 18.0 Å². The lowest BCUT2D eigenvalue weighted by atomic mass is 9.90. The molecule has 0 aromatic rings. The zero-order valence-corrected chi connectivity index (χ0v) is 12.0. The van der Waals surface area contributed by atoms with Crippen LogP contribution < -0.4 is 0 Å². The fraction of sp³-hybridized carbons (Fsp3) is 0.857. The molecule has 0 saturated heterocycles. The Hall–Kier alpha value is -0.710. The monoisotopic (exact) mass is 286 g/mol. The molecule has 19 heavy (non-hydrogen) atoms. The minimum Gasteiger partial charge on any atom is -0.303 e. The maximum atomic E-state index is 12.6. The van der Waals surface area contributed by atoms with Crippen LogP contribution in [0.15, 0.2) is 0 Å². The van der Waals surface area contributed by atoms with E-state index in [1.165, 1.54) is 0 Å². The minimum atomic E-state index is -3.08. The average Bonchev–Trinajstić information content (AvgIpc) is 2.47. The molecule has 0 aromatic heterocycles. The fourth-order valence-corrected chi connectivity index (χ4v) is 5.78. The standard InChI is InChI=1S/C14H22O4S/c15-9-11-1-5-13(6-2-11)19(17,18)14-7-3-12(10-16)4-8-14/h9-14H,1-8H2. The van der Waals surface area contributed by atoms with E-state index in [2.05, 4.69) is 0 Å². The smallest absolute Gasteiger partial charge is 0.156 e. The highest BCUT2D eigenvalue weighted by Gasteiger charge is 2.38. The minimum absolute atomic E-state index is 0.0530. The second-order valence-corrected chi connectivity index (χ2v) is 8.45. The van der Waals surface area contributed by atoms with Crippen LogP contribution in [0.1, 0.15) is 51.4 Å². The number of rotatable bonds is 4. The third-order valence-electron chi connectivity index (χ3n) is 4.75. The Morgan fingerprint density at radius 2 is 0.947 bits per heavy atom. The van der Waals surface area contributed by atoms with Crippen molar-refractivity contribution in [1.29, 1.82) is 0 Å². The van der Waals surface area contributed by atoms with E-state index in [9.17, 15) is 18.0 Å². The maximum Gasteiger partial charge on any atom is 0.156 e. The van der Waals surface area contributed by atoms with E-state index in [1.54, 1.807) is 0 Å². The topological polar surface area (TPSA) is 68.3 Å². The number of sulfone groups is 1. The summed E-state index contributed by atoms with van der Waals surface area (Å²) in [6.07, 6.45) is 7.23. The van der Waals surface area contributed by atoms with E-state index in [-0.39, 0.29) is 22.3 Å². The van der Waals surface area contributed by atoms with Crippen LogP contribution in [0.5, 0.6) is 0 Å². The summed E-state index contributed by atoms with van der Waals surface area (Å²) in [5.74, 6) is 0.106. The summed E-state index contributed by atoms with van der Waals surface area (Å²) >= 11 is 0. The normalized spacial score (nSPS) is 36.6. The van der Waals surface area contributed by atoms with Gasteiger partial charge in [-0.05, 0) is 51.4 Å². The lowest BCUT2D eigenvalue weighted by Crippen LogP contribution is -2.37. The molecule has 108 valence electrons. The van der Waals surface area contributed by atoms with E-state index in [0.717, 1.165) is 12.6 Å². The fourth-order valence-electron chi connectivity index (χ4n) is 3.38. The van der Waals surface area contributed by atoms with Gasteiger partial charge in [0.25, 0.3) is 0 Å². The number of carbonyl (C=O) groups is 2. The Bertz CT molecular complexity index is 379. The van der Waals surface area contributed by atoms with Gasteiger partial charge < -0.3 is 9.59 Å². The molecule has 0 spiro atoms. The van der Waals surface area contributed by atoms with Gasteiger partial charge in [0.15, 0.2) is 9.84 Å². The second kappa shape index (κ2) is 6.16. The van der Waals surface area contributed by atoms with Crippen LogP contribution in [0, 0.1) is 11.8 Å². The molecule has 2 aliphatic rings. The molecule has 2 rings (SSSR count). The van der Waals surface area contributed by atoms with Crippen molar-refractivity contribution in [2.24, 2.45) is 11.8 Å². The van der Waals surface area contributed by atoms with Crippen molar-refractivity contribution in [3.63, 3.8) is 0 Å². The molecular weight excluding hydrogens is 264 g/mol. The number of hydrogen-bond donors (Lipinski definition) is 0. The van der Waals surface area contributed by atoms with Crippen LogP contribution in [-0.2, 0) is 19.4 Å². The van der Waals surface area contributed by atoms with Gasteiger partial charge in [-0.3, -0.25) is 0 Å². The molecule has 4 nitrogen and oxygen atoms in total. The van der Waals surface area contributed by atoms with E-state index in [4.69, 9.17) is 0 Å². The molecule has 0 N–H and O–H groups in total. The zero-order valence-electron chi connectivity index (χ0n) is 11.2. The summed E-state index contributed by atoms with van der Waals surface area (Å²) in [5, 5.41) is -0.525. The van der Waals surface area contributed by atoms with E-state index in [0.29, 0.717) is 51.4 Å². The van der Waals surface area contributed by atoms with Crippen molar-refractivity contribution in [3.8, 4) is 0 Å². The van der Waals surface area contributed by atoms with E-state index in [1.807, 2.05) is 0 Å². The van der Waals surface area contributed by atoms with Gasteiger partial charge in [0, 0.05) is 11.8 Å². The molecule has 2 fully saturated rings. The van der Waals surface area contributed by atoms with Crippen molar-refractivity contribution in [2.45, 2.75) is 61.9 Å². The Balaban J connectivity index is 1.95. The Kier molecular flexibility index (Phi) is 4.76. The average molecular weight is 286 g/mol. The van der Waals surface area contributed by atoms with Gasteiger partial charge in [0.1, 0.15) is 12.6 Å². The third-order valence-corrected chi connectivity index (χ3v) is 7.55. The van der Waals surface area contributed by atoms with Gasteiger partial charge >= 0.3 is 0 Å². The second-order valence-electron chi connectivity index (χ2n) is 5.93. The molecule has 2 saturated carbocycles. The molecule has 0 atom stereocenters. The Morgan fingerprint density at radius 1 is 0.632 bits per heavy atom. The van der Waals surface area contributed by atoms with Gasteiger partial charge in [-0.1, -0.05) is 0 Å². The highest BCUT2D eigenvalue weighted by Crippen LogP contribution is 2.35. The predicted octanol–water partition coefficient (Wildman–Crippen LogP) is 1.92. The van der Waals surface area contributed by atoms with Gasteiger partial charge in [0.2, 0.25) is 0 Å². The summed E-state index contributed by atoms with van der Waals surface area (Å²) < 4.78 is 25.1. The number of hydrogen-bond acceptors (Lipinski definition) is 4. The quantitative estimate of drug-likeness (QED) is 0.740. The van der Waals surface area contributed by atoms with Crippen molar-refractivity contribution in [2.75, 3.05) is 0 Å². The van der Waals surface area contributed by atoms with Gasteiger partial charge in [-0.2, -0.15) is 0 Å². The molecule has 0 amide bonds. The van der Waals surface area contributed by atoms with Crippen molar-refractivity contribution in [1.82, 2.24) is 0 Å². The molecule has 5 heteroatoms. The molecule has 0 radical (unpaired) electrons. The molecule has 0 heterocycles. The van der Waals surface area contributed by atoms with Crippen LogP contribution in [0.25, 0.3) is 0 Å². The maximum absolute atomic E-state index is 12.6. The summed E-state index contributed by atoms with van der Waals surface area (Å²) in [6, 6.07) is 0. The lowest BCUT2D eigenvalue weighted by Gasteiger charge is -2.32. The number of carbonyl (C=O) groups excluding carboxylic acids is 2. The molecular formula is C14H22O4S. The highest BCUT2D eigenvalue weighted by molar-refractivity contribution is 7.92. The van der Waals surface area contributed by atoms with Crippen molar-refractivity contribution >= 4 is 22.4 Å². The van der Waals surface area contributed by atoms with Gasteiger partial charge in [-0.15, -0.1) is 0 Å². The lowest BCUT2D eigenvalue weighted by molar-refractivity contribution is -0.112. The van der Waals surface area contributed by atoms with Gasteiger partial charge in [-0.25, -0.2) is 8.42 Å². The summed E-state index contributed by atoms with van der Waals surface area (Å²) in [4.78, 5) is 21.4. The zero-order chi connectivity index (χ0) is 13.9. The first kappa shape index (κ1) is 14.7. The highest BCUT2D eigenvalue weighted by atomic mass is 32.2. The predicted molar refractivity (Wildman–Crippen MR) is 72.5 cm³/mol. The first-order valence-corrected chi connectivity index (χ1v) is 8.82. The van der Waals surface area contributed by atoms with Crippen LogP contribution in [0.2, 0.25) is 0 Å². The van der Waals surface area contributed by atoms with Gasteiger partial charge in [0.05, 0.1) is 10.5 Å². The molecule has 0 bridgehead atoms. The van der Waals surface area contributed by atoms with Crippen molar-refractivity contribution in [3.05, 3.63) is 0 Å². The first-order chi connectivity index (χ1) is 9.07. The summed E-state index contributed by atoms with van der Waals surface area (Å²) in [5.41, 5.74) is 0. The number of aldehydes is 2.